The van der Waals surface area contributed by atoms with Crippen molar-refractivity contribution in [3.63, 3.8) is 0 Å². The summed E-state index contributed by atoms with van der Waals surface area (Å²) in [7, 11) is 0. The van der Waals surface area contributed by atoms with Crippen LogP contribution in [0.2, 0.25) is 0 Å². The molecule has 0 spiro atoms. The van der Waals surface area contributed by atoms with Gasteiger partial charge in [-0.2, -0.15) is 11.8 Å². The van der Waals surface area contributed by atoms with Gasteiger partial charge in [-0.05, 0) is 37.9 Å². The maximum atomic E-state index is 4.83. The Labute approximate surface area is 113 Å². The van der Waals surface area contributed by atoms with E-state index in [2.05, 4.69) is 11.6 Å². The summed E-state index contributed by atoms with van der Waals surface area (Å²) in [5.41, 5.74) is 0. The lowest BCUT2D eigenvalue weighted by Gasteiger charge is -2.37. The van der Waals surface area contributed by atoms with Gasteiger partial charge in [-0.25, -0.2) is 0 Å². The normalized spacial score (nSPS) is 37.4. The minimum absolute atomic E-state index is 0.513. The number of thioether (sulfide) groups is 2. The largest absolute Gasteiger partial charge is 0.362 e. The second-order valence-corrected chi connectivity index (χ2v) is 7.90. The second-order valence-electron chi connectivity index (χ2n) is 5.61. The van der Waals surface area contributed by atoms with E-state index in [0.717, 1.165) is 18.5 Å². The van der Waals surface area contributed by atoms with E-state index >= 15 is 0 Å². The van der Waals surface area contributed by atoms with Crippen LogP contribution in [0.4, 0.5) is 0 Å². The fourth-order valence-electron chi connectivity index (χ4n) is 2.86. The third-order valence-corrected chi connectivity index (χ3v) is 6.92. The smallest absolute Gasteiger partial charge is 0.156 e. The van der Waals surface area contributed by atoms with Gasteiger partial charge in [-0.3, -0.25) is 4.99 Å². The average Bonchev–Trinajstić information content (AvgIpc) is 3.17. The Morgan fingerprint density at radius 2 is 2.24 bits per heavy atom. The molecule has 0 bridgehead atoms. The van der Waals surface area contributed by atoms with Crippen LogP contribution in [0.1, 0.15) is 38.5 Å². The van der Waals surface area contributed by atoms with Crippen molar-refractivity contribution in [2.75, 3.05) is 18.6 Å². The number of hydrogen-bond acceptors (Lipinski definition) is 3. The van der Waals surface area contributed by atoms with Crippen molar-refractivity contribution in [3.05, 3.63) is 0 Å². The van der Waals surface area contributed by atoms with Gasteiger partial charge in [0.05, 0.1) is 6.54 Å². The second kappa shape index (κ2) is 5.04. The van der Waals surface area contributed by atoms with Gasteiger partial charge in [-0.15, -0.1) is 0 Å². The molecule has 3 fully saturated rings. The number of fused-ring (bicyclic) bond motifs is 1. The first-order valence-corrected chi connectivity index (χ1v) is 9.01. The number of rotatable bonds is 3. The molecule has 2 unspecified atom stereocenters. The highest BCUT2D eigenvalue weighted by Gasteiger charge is 2.42. The molecule has 1 aliphatic heterocycles. The highest BCUT2D eigenvalue weighted by molar-refractivity contribution is 8.13. The molecule has 4 heteroatoms. The van der Waals surface area contributed by atoms with Crippen molar-refractivity contribution < 1.29 is 0 Å². The van der Waals surface area contributed by atoms with Crippen LogP contribution in [-0.4, -0.2) is 34.5 Å². The summed E-state index contributed by atoms with van der Waals surface area (Å²) in [4.78, 5) is 4.83. The maximum Gasteiger partial charge on any atom is 0.156 e. The van der Waals surface area contributed by atoms with Crippen LogP contribution >= 0.6 is 23.5 Å². The lowest BCUT2D eigenvalue weighted by molar-refractivity contribution is 0.311. The first kappa shape index (κ1) is 12.2. The van der Waals surface area contributed by atoms with Crippen LogP contribution in [0.15, 0.2) is 4.99 Å². The third-order valence-electron chi connectivity index (χ3n) is 4.40. The molecule has 1 N–H and O–H groups in total. The van der Waals surface area contributed by atoms with Gasteiger partial charge >= 0.3 is 0 Å². The highest BCUT2D eigenvalue weighted by atomic mass is 32.2. The molecule has 1 saturated heterocycles. The zero-order valence-electron chi connectivity index (χ0n) is 10.6. The van der Waals surface area contributed by atoms with E-state index in [1.54, 1.807) is 0 Å². The van der Waals surface area contributed by atoms with Gasteiger partial charge in [0.15, 0.2) is 5.17 Å². The number of nitrogens with one attached hydrogen (secondary N) is 1. The molecule has 17 heavy (non-hydrogen) atoms. The number of amidine groups is 1. The van der Waals surface area contributed by atoms with Crippen LogP contribution < -0.4 is 5.32 Å². The molecule has 3 rings (SSSR count). The molecule has 96 valence electrons. The van der Waals surface area contributed by atoms with Crippen molar-refractivity contribution >= 4 is 28.7 Å². The molecule has 2 aliphatic carbocycles. The predicted molar refractivity (Wildman–Crippen MR) is 79.1 cm³/mol. The van der Waals surface area contributed by atoms with E-state index in [9.17, 15) is 0 Å². The van der Waals surface area contributed by atoms with Gasteiger partial charge in [0.1, 0.15) is 0 Å². The van der Waals surface area contributed by atoms with Crippen LogP contribution in [0.25, 0.3) is 0 Å². The van der Waals surface area contributed by atoms with E-state index in [0.29, 0.717) is 4.75 Å². The Balaban J connectivity index is 1.56. The molecule has 0 aromatic heterocycles. The molecule has 2 atom stereocenters. The van der Waals surface area contributed by atoms with Crippen LogP contribution in [-0.2, 0) is 0 Å². The van der Waals surface area contributed by atoms with E-state index < -0.39 is 0 Å². The van der Waals surface area contributed by atoms with Gasteiger partial charge in [0, 0.05) is 16.5 Å². The molecule has 0 aromatic carbocycles. The van der Waals surface area contributed by atoms with Gasteiger partial charge in [0.2, 0.25) is 0 Å². The van der Waals surface area contributed by atoms with Crippen LogP contribution in [0, 0.1) is 5.92 Å². The first-order chi connectivity index (χ1) is 8.31. The van der Waals surface area contributed by atoms with E-state index in [1.165, 1.54) is 49.4 Å². The van der Waals surface area contributed by atoms with E-state index in [-0.39, 0.29) is 0 Å². The SMILES string of the molecule is CSC1(CN=C2NC3CCCCC3CS2)CC1. The minimum atomic E-state index is 0.513. The van der Waals surface area contributed by atoms with Gasteiger partial charge in [0.25, 0.3) is 0 Å². The monoisotopic (exact) mass is 270 g/mol. The molecule has 0 aromatic rings. The van der Waals surface area contributed by atoms with Crippen LogP contribution in [0.5, 0.6) is 0 Å². The average molecular weight is 270 g/mol. The van der Waals surface area contributed by atoms with Crippen molar-refractivity contribution in [2.24, 2.45) is 10.9 Å². The summed E-state index contributed by atoms with van der Waals surface area (Å²) in [5.74, 6) is 2.20. The molecule has 3 aliphatic rings. The maximum absolute atomic E-state index is 4.83. The lowest BCUT2D eigenvalue weighted by atomic mass is 9.86. The molecular weight excluding hydrogens is 248 g/mol. The molecule has 2 saturated carbocycles. The number of nitrogens with zero attached hydrogens (tertiary/aromatic N) is 1. The highest BCUT2D eigenvalue weighted by Crippen LogP contribution is 2.47. The zero-order valence-corrected chi connectivity index (χ0v) is 12.2. The molecule has 2 nitrogen and oxygen atoms in total. The summed E-state index contributed by atoms with van der Waals surface area (Å²) in [6, 6.07) is 0.730. The molecule has 0 amide bonds. The topological polar surface area (TPSA) is 24.4 Å². The van der Waals surface area contributed by atoms with Crippen LogP contribution in [0.3, 0.4) is 0 Å². The molecular formula is C13H22N2S2. The summed E-state index contributed by atoms with van der Waals surface area (Å²) < 4.78 is 0.513. The summed E-state index contributed by atoms with van der Waals surface area (Å²) in [6.45, 7) is 1.03. The van der Waals surface area contributed by atoms with Crippen molar-refractivity contribution in [3.8, 4) is 0 Å². The minimum Gasteiger partial charge on any atom is -0.362 e. The predicted octanol–water partition coefficient (Wildman–Crippen LogP) is 3.13. The summed E-state index contributed by atoms with van der Waals surface area (Å²) in [5, 5.41) is 4.91. The standard InChI is InChI=1S/C13H22N2S2/c1-16-13(6-7-13)9-14-12-15-11-5-3-2-4-10(11)8-17-12/h10-11H,2-9H2,1H3,(H,14,15). The van der Waals surface area contributed by atoms with Crippen molar-refractivity contribution in [2.45, 2.75) is 49.3 Å². The quantitative estimate of drug-likeness (QED) is 0.852. The Hall–Kier alpha value is 0.170. The van der Waals surface area contributed by atoms with E-state index in [4.69, 9.17) is 4.99 Å². The Morgan fingerprint density at radius 3 is 3.00 bits per heavy atom. The number of aliphatic imine (C=N–C) groups is 1. The van der Waals surface area contributed by atoms with Gasteiger partial charge in [-0.1, -0.05) is 24.6 Å². The fraction of sp³-hybridized carbons (Fsp3) is 0.923. The Kier molecular flexibility index (Phi) is 3.62. The third kappa shape index (κ3) is 2.78. The molecule has 1 heterocycles. The first-order valence-electron chi connectivity index (χ1n) is 6.80. The van der Waals surface area contributed by atoms with Crippen molar-refractivity contribution in [1.82, 2.24) is 5.32 Å². The Bertz CT molecular complexity index is 313. The molecule has 0 radical (unpaired) electrons. The van der Waals surface area contributed by atoms with E-state index in [1.807, 2.05) is 23.5 Å². The zero-order chi connectivity index (χ0) is 11.7. The Morgan fingerprint density at radius 1 is 1.41 bits per heavy atom. The summed E-state index contributed by atoms with van der Waals surface area (Å²) >= 11 is 3.96. The lowest BCUT2D eigenvalue weighted by Crippen LogP contribution is -2.46. The summed E-state index contributed by atoms with van der Waals surface area (Å²) in [6.07, 6.45) is 10.6. The number of hydrogen-bond donors (Lipinski definition) is 1. The van der Waals surface area contributed by atoms with Gasteiger partial charge < -0.3 is 5.32 Å². The van der Waals surface area contributed by atoms with Crippen molar-refractivity contribution in [1.29, 1.82) is 0 Å². The fourth-order valence-corrected chi connectivity index (χ4v) is 4.72.